The highest BCUT2D eigenvalue weighted by molar-refractivity contribution is 7.22. The number of pyridine rings is 1. The molecule has 0 atom stereocenters. The summed E-state index contributed by atoms with van der Waals surface area (Å²) < 4.78 is 24.5. The molecule has 8 nitrogen and oxygen atoms in total. The second-order valence-electron chi connectivity index (χ2n) is 7.76. The predicted octanol–water partition coefficient (Wildman–Crippen LogP) is 3.83. The molecule has 1 amide bonds. The number of ether oxygens (including phenoxy) is 4. The van der Waals surface area contributed by atoms with Crippen molar-refractivity contribution < 1.29 is 23.7 Å². The molecular formula is C25H24N2O6S. The normalized spacial score (nSPS) is 12.4. The van der Waals surface area contributed by atoms with Crippen LogP contribution in [0.3, 0.4) is 0 Å². The molecule has 4 aromatic rings. The molecule has 0 radical (unpaired) electrons. The van der Waals surface area contributed by atoms with Crippen LogP contribution in [0.2, 0.25) is 0 Å². The highest BCUT2D eigenvalue weighted by Gasteiger charge is 2.25. The third kappa shape index (κ3) is 3.97. The number of amides is 1. The Morgan fingerprint density at radius 1 is 1.15 bits per heavy atom. The Kier molecular flexibility index (Phi) is 6.12. The number of thiophene rings is 1. The zero-order chi connectivity index (χ0) is 23.7. The summed E-state index contributed by atoms with van der Waals surface area (Å²) in [4.78, 5) is 26.9. The number of carbonyl (C=O) groups excluding carboxylic acids is 1. The molecule has 0 fully saturated rings. The molecule has 3 heterocycles. The number of para-hydroxylation sites is 1. The molecule has 0 saturated carbocycles. The molecule has 2 aromatic carbocycles. The number of hydrogen-bond acceptors (Lipinski definition) is 7. The van der Waals surface area contributed by atoms with E-state index in [9.17, 15) is 9.59 Å². The van der Waals surface area contributed by atoms with E-state index in [1.807, 2.05) is 49.4 Å². The maximum atomic E-state index is 13.3. The minimum atomic E-state index is -0.309. The summed E-state index contributed by atoms with van der Waals surface area (Å²) in [5.41, 5.74) is 1.47. The Hall–Kier alpha value is -3.56. The van der Waals surface area contributed by atoms with Crippen molar-refractivity contribution in [2.75, 3.05) is 26.6 Å². The van der Waals surface area contributed by atoms with Crippen molar-refractivity contribution in [3.8, 4) is 17.2 Å². The Labute approximate surface area is 199 Å². The van der Waals surface area contributed by atoms with Gasteiger partial charge in [0.25, 0.3) is 11.5 Å². The van der Waals surface area contributed by atoms with Crippen molar-refractivity contribution in [2.45, 2.75) is 13.5 Å². The van der Waals surface area contributed by atoms with Gasteiger partial charge in [-0.3, -0.25) is 9.59 Å². The molecule has 0 unspecified atom stereocenters. The van der Waals surface area contributed by atoms with Crippen LogP contribution in [0.5, 0.6) is 17.2 Å². The van der Waals surface area contributed by atoms with E-state index in [0.29, 0.717) is 47.3 Å². The fourth-order valence-corrected chi connectivity index (χ4v) is 5.17. The van der Waals surface area contributed by atoms with E-state index in [0.717, 1.165) is 21.2 Å². The quantitative estimate of drug-likeness (QED) is 0.386. The van der Waals surface area contributed by atoms with E-state index >= 15 is 0 Å². The van der Waals surface area contributed by atoms with Gasteiger partial charge < -0.3 is 28.8 Å². The highest BCUT2D eigenvalue weighted by atomic mass is 32.1. The molecule has 9 heteroatoms. The van der Waals surface area contributed by atoms with Gasteiger partial charge in [0, 0.05) is 25.6 Å². The summed E-state index contributed by atoms with van der Waals surface area (Å²) in [5.74, 6) is 1.33. The first-order valence-corrected chi connectivity index (χ1v) is 11.8. The van der Waals surface area contributed by atoms with Crippen LogP contribution in [0.1, 0.15) is 22.2 Å². The smallest absolute Gasteiger partial charge is 0.265 e. The van der Waals surface area contributed by atoms with Crippen LogP contribution in [0.4, 0.5) is 0 Å². The average molecular weight is 481 g/mol. The first-order chi connectivity index (χ1) is 16.6. The van der Waals surface area contributed by atoms with E-state index in [1.165, 1.54) is 11.3 Å². The molecule has 5 rings (SSSR count). The molecule has 0 bridgehead atoms. The van der Waals surface area contributed by atoms with Gasteiger partial charge in [-0.05, 0) is 30.7 Å². The monoisotopic (exact) mass is 480 g/mol. The van der Waals surface area contributed by atoms with Crippen molar-refractivity contribution in [1.29, 1.82) is 0 Å². The minimum absolute atomic E-state index is 0.193. The fraction of sp³-hybridized carbons (Fsp3) is 0.280. The third-order valence-corrected chi connectivity index (χ3v) is 6.87. The number of hydrogen-bond donors (Lipinski definition) is 1. The number of aromatic nitrogens is 1. The summed E-state index contributed by atoms with van der Waals surface area (Å²) >= 11 is 1.27. The number of aryl methyl sites for hydroxylation is 1. The Morgan fingerprint density at radius 2 is 1.97 bits per heavy atom. The van der Waals surface area contributed by atoms with Crippen LogP contribution in [-0.2, 0) is 18.3 Å². The highest BCUT2D eigenvalue weighted by Crippen LogP contribution is 2.39. The minimum Gasteiger partial charge on any atom is -0.489 e. The standard InChI is InChI=1S/C25H24N2O6S/c1-3-30-10-11-31-21-20-22(16-6-4-5-7-17(16)27(2)25(20)29)34-23(21)24(28)26-13-15-8-9-18-19(12-15)33-14-32-18/h4-9,12H,3,10-11,13-14H2,1-2H3,(H,26,28). The lowest BCUT2D eigenvalue weighted by Crippen LogP contribution is -2.23. The maximum absolute atomic E-state index is 13.3. The van der Waals surface area contributed by atoms with Crippen molar-refractivity contribution in [3.05, 3.63) is 63.3 Å². The molecule has 34 heavy (non-hydrogen) atoms. The van der Waals surface area contributed by atoms with Crippen LogP contribution in [-0.4, -0.2) is 37.1 Å². The van der Waals surface area contributed by atoms with E-state index in [2.05, 4.69) is 5.32 Å². The van der Waals surface area contributed by atoms with Gasteiger partial charge in [0.15, 0.2) is 17.2 Å². The van der Waals surface area contributed by atoms with E-state index < -0.39 is 0 Å². The van der Waals surface area contributed by atoms with Crippen LogP contribution in [0.25, 0.3) is 21.0 Å². The average Bonchev–Trinajstić information content (AvgIpc) is 3.48. The molecule has 1 aliphatic heterocycles. The Bertz CT molecular complexity index is 1440. The number of rotatable bonds is 8. The van der Waals surface area contributed by atoms with Gasteiger partial charge in [0.05, 0.1) is 16.8 Å². The molecule has 1 aliphatic rings. The van der Waals surface area contributed by atoms with E-state index in [4.69, 9.17) is 18.9 Å². The zero-order valence-electron chi connectivity index (χ0n) is 18.9. The van der Waals surface area contributed by atoms with Crippen LogP contribution in [0.15, 0.2) is 47.3 Å². The second kappa shape index (κ2) is 9.36. The van der Waals surface area contributed by atoms with Crippen LogP contribution < -0.4 is 25.1 Å². The largest absolute Gasteiger partial charge is 0.489 e. The van der Waals surface area contributed by atoms with Crippen LogP contribution in [0, 0.1) is 0 Å². The number of benzene rings is 2. The van der Waals surface area contributed by atoms with Crippen molar-refractivity contribution in [3.63, 3.8) is 0 Å². The van der Waals surface area contributed by atoms with Crippen molar-refractivity contribution in [2.24, 2.45) is 7.05 Å². The van der Waals surface area contributed by atoms with Gasteiger partial charge in [-0.25, -0.2) is 0 Å². The predicted molar refractivity (Wildman–Crippen MR) is 130 cm³/mol. The van der Waals surface area contributed by atoms with E-state index in [1.54, 1.807) is 11.6 Å². The summed E-state index contributed by atoms with van der Waals surface area (Å²) in [6.45, 7) is 3.54. The van der Waals surface area contributed by atoms with E-state index in [-0.39, 0.29) is 24.9 Å². The summed E-state index contributed by atoms with van der Waals surface area (Å²) in [5, 5.41) is 4.26. The number of nitrogens with one attached hydrogen (secondary N) is 1. The third-order valence-electron chi connectivity index (χ3n) is 5.67. The van der Waals surface area contributed by atoms with Gasteiger partial charge in [-0.15, -0.1) is 11.3 Å². The zero-order valence-corrected chi connectivity index (χ0v) is 19.7. The second-order valence-corrected chi connectivity index (χ2v) is 8.78. The van der Waals surface area contributed by atoms with Gasteiger partial charge >= 0.3 is 0 Å². The topological polar surface area (TPSA) is 88.0 Å². The first kappa shape index (κ1) is 22.2. The SMILES string of the molecule is CCOCCOc1c(C(=O)NCc2ccc3c(c2)OCO3)sc2c1c(=O)n(C)c1ccccc21. The number of nitrogens with zero attached hydrogens (tertiary/aromatic N) is 1. The molecule has 2 aromatic heterocycles. The van der Waals surface area contributed by atoms with Gasteiger partial charge in [0.1, 0.15) is 16.9 Å². The molecular weight excluding hydrogens is 456 g/mol. The summed E-state index contributed by atoms with van der Waals surface area (Å²) in [7, 11) is 1.73. The van der Waals surface area contributed by atoms with Gasteiger partial charge in [0.2, 0.25) is 6.79 Å². The molecule has 176 valence electrons. The lowest BCUT2D eigenvalue weighted by Gasteiger charge is -2.10. The van der Waals surface area contributed by atoms with Crippen molar-refractivity contribution in [1.82, 2.24) is 9.88 Å². The number of carbonyl (C=O) groups is 1. The lowest BCUT2D eigenvalue weighted by atomic mass is 10.1. The Morgan fingerprint density at radius 3 is 2.82 bits per heavy atom. The van der Waals surface area contributed by atoms with Gasteiger partial charge in [-0.2, -0.15) is 0 Å². The Balaban J connectivity index is 1.51. The molecule has 0 saturated heterocycles. The fourth-order valence-electron chi connectivity index (χ4n) is 3.98. The van der Waals surface area contributed by atoms with Crippen molar-refractivity contribution >= 4 is 38.2 Å². The summed E-state index contributed by atoms with van der Waals surface area (Å²) in [6, 6.07) is 13.2. The maximum Gasteiger partial charge on any atom is 0.265 e. The lowest BCUT2D eigenvalue weighted by molar-refractivity contribution is 0.0940. The molecule has 0 aliphatic carbocycles. The summed E-state index contributed by atoms with van der Waals surface area (Å²) in [6.07, 6.45) is 0. The molecule has 0 spiro atoms. The van der Waals surface area contributed by atoms with Gasteiger partial charge in [-0.1, -0.05) is 24.3 Å². The first-order valence-electron chi connectivity index (χ1n) is 11.0. The van der Waals surface area contributed by atoms with Crippen LogP contribution >= 0.6 is 11.3 Å². The number of fused-ring (bicyclic) bond motifs is 4. The molecule has 1 N–H and O–H groups in total.